The van der Waals surface area contributed by atoms with Crippen molar-refractivity contribution < 1.29 is 33.0 Å². The second kappa shape index (κ2) is 13.2. The van der Waals surface area contributed by atoms with Crippen molar-refractivity contribution in [2.45, 2.75) is 39.8 Å². The molecule has 10 nitrogen and oxygen atoms in total. The van der Waals surface area contributed by atoms with Crippen LogP contribution in [0.2, 0.25) is 5.02 Å². The van der Waals surface area contributed by atoms with Gasteiger partial charge in [-0.3, -0.25) is 9.36 Å². The Morgan fingerprint density at radius 3 is 2.56 bits per heavy atom. The molecule has 0 saturated heterocycles. The molecule has 0 bridgehead atoms. The van der Waals surface area contributed by atoms with Crippen LogP contribution in [0.25, 0.3) is 17.4 Å². The lowest BCUT2D eigenvalue weighted by atomic mass is 9.95. The van der Waals surface area contributed by atoms with E-state index in [0.29, 0.717) is 49.2 Å². The first kappa shape index (κ1) is 31.8. The van der Waals surface area contributed by atoms with Gasteiger partial charge in [-0.2, -0.15) is 0 Å². The lowest BCUT2D eigenvalue weighted by Gasteiger charge is -2.25. The molecule has 0 aliphatic carbocycles. The Hall–Kier alpha value is -4.61. The summed E-state index contributed by atoms with van der Waals surface area (Å²) >= 11 is 7.34. The van der Waals surface area contributed by atoms with Crippen molar-refractivity contribution in [3.8, 4) is 22.8 Å². The molecule has 0 amide bonds. The second-order valence-corrected chi connectivity index (χ2v) is 11.7. The molecular weight excluding hydrogens is 620 g/mol. The first-order valence-corrected chi connectivity index (χ1v) is 15.3. The fourth-order valence-electron chi connectivity index (χ4n) is 4.97. The standard InChI is InChI=1S/C33H31ClN2O8S/c1-7-42-32(39)28-18(4)35-33-36(29(28)20-9-12-25(43-17(2)3)26(15-20)40-5)30(37)27(45-33)16-21-10-13-24(44-21)19-8-11-23(34)22(14-19)31(38)41-6/h8-17,29H,7H2,1-6H3/b27-16+/t29-/m1/s1. The molecule has 4 aromatic rings. The van der Waals surface area contributed by atoms with Gasteiger partial charge in [0.2, 0.25) is 0 Å². The minimum absolute atomic E-state index is 0.0867. The minimum Gasteiger partial charge on any atom is -0.493 e. The summed E-state index contributed by atoms with van der Waals surface area (Å²) in [6.07, 6.45) is 1.53. The number of fused-ring (bicyclic) bond motifs is 1. The maximum atomic E-state index is 14.0. The number of methoxy groups -OCH3 is 2. The maximum Gasteiger partial charge on any atom is 0.339 e. The van der Waals surface area contributed by atoms with Crippen molar-refractivity contribution in [3.05, 3.63) is 101 Å². The zero-order valence-corrected chi connectivity index (χ0v) is 27.1. The summed E-state index contributed by atoms with van der Waals surface area (Å²) in [6.45, 7) is 7.42. The third kappa shape index (κ3) is 6.31. The van der Waals surface area contributed by atoms with E-state index in [9.17, 15) is 14.4 Å². The van der Waals surface area contributed by atoms with Crippen LogP contribution in [0, 0.1) is 0 Å². The van der Waals surface area contributed by atoms with E-state index in [4.69, 9.17) is 35.0 Å². The van der Waals surface area contributed by atoms with Crippen molar-refractivity contribution in [1.29, 1.82) is 0 Å². The van der Waals surface area contributed by atoms with Gasteiger partial charge >= 0.3 is 11.9 Å². The average Bonchev–Trinajstić information content (AvgIpc) is 3.60. The normalized spacial score (nSPS) is 14.7. The summed E-state index contributed by atoms with van der Waals surface area (Å²) in [4.78, 5) is 44.4. The number of esters is 2. The third-order valence-electron chi connectivity index (χ3n) is 6.94. The summed E-state index contributed by atoms with van der Waals surface area (Å²) < 4.78 is 29.5. The molecule has 1 aliphatic rings. The van der Waals surface area contributed by atoms with Gasteiger partial charge in [-0.25, -0.2) is 14.6 Å². The Morgan fingerprint density at radius 2 is 1.87 bits per heavy atom. The number of halogens is 1. The number of carbonyl (C=O) groups is 2. The summed E-state index contributed by atoms with van der Waals surface area (Å²) in [5.41, 5.74) is 1.76. The fourth-order valence-corrected chi connectivity index (χ4v) is 6.19. The van der Waals surface area contributed by atoms with Crippen LogP contribution in [0.3, 0.4) is 0 Å². The van der Waals surface area contributed by atoms with Crippen molar-refractivity contribution in [3.63, 3.8) is 0 Å². The summed E-state index contributed by atoms with van der Waals surface area (Å²) in [7, 11) is 2.81. The molecule has 0 radical (unpaired) electrons. The Bertz CT molecular complexity index is 2000. The van der Waals surface area contributed by atoms with Crippen molar-refractivity contribution in [1.82, 2.24) is 4.57 Å². The molecule has 0 fully saturated rings. The number of ether oxygens (including phenoxy) is 4. The van der Waals surface area contributed by atoms with Crippen LogP contribution >= 0.6 is 22.9 Å². The van der Waals surface area contributed by atoms with E-state index in [1.54, 1.807) is 68.5 Å². The number of nitrogens with zero attached hydrogens (tertiary/aromatic N) is 2. The highest BCUT2D eigenvalue weighted by atomic mass is 35.5. The van der Waals surface area contributed by atoms with Gasteiger partial charge in [-0.1, -0.05) is 29.0 Å². The molecule has 234 valence electrons. The van der Waals surface area contributed by atoms with Crippen LogP contribution < -0.4 is 24.4 Å². The molecular formula is C33H31ClN2O8S. The zero-order valence-electron chi connectivity index (χ0n) is 25.5. The van der Waals surface area contributed by atoms with E-state index < -0.39 is 18.0 Å². The Morgan fingerprint density at radius 1 is 1.09 bits per heavy atom. The highest BCUT2D eigenvalue weighted by Gasteiger charge is 2.34. The van der Waals surface area contributed by atoms with Crippen LogP contribution in [-0.4, -0.2) is 43.4 Å². The molecule has 5 rings (SSSR count). The van der Waals surface area contributed by atoms with Crippen molar-refractivity contribution >= 4 is 41.0 Å². The van der Waals surface area contributed by atoms with E-state index in [1.165, 1.54) is 30.1 Å². The van der Waals surface area contributed by atoms with Crippen LogP contribution in [0.15, 0.2) is 74.0 Å². The van der Waals surface area contributed by atoms with E-state index >= 15 is 0 Å². The highest BCUT2D eigenvalue weighted by molar-refractivity contribution is 7.07. The monoisotopic (exact) mass is 650 g/mol. The third-order valence-corrected chi connectivity index (χ3v) is 8.25. The fraction of sp³-hybridized carbons (Fsp3) is 0.273. The van der Waals surface area contributed by atoms with Gasteiger partial charge in [0.15, 0.2) is 16.3 Å². The summed E-state index contributed by atoms with van der Waals surface area (Å²) in [6, 6.07) is 12.8. The Kier molecular flexibility index (Phi) is 9.31. The molecule has 2 aromatic carbocycles. The number of carbonyl (C=O) groups excluding carboxylic acids is 2. The quantitative estimate of drug-likeness (QED) is 0.224. The van der Waals surface area contributed by atoms with Gasteiger partial charge in [0.1, 0.15) is 11.5 Å². The summed E-state index contributed by atoms with van der Waals surface area (Å²) in [5, 5.41) is 0.255. The molecule has 0 saturated carbocycles. The minimum atomic E-state index is -0.831. The van der Waals surface area contributed by atoms with Gasteiger partial charge in [0.05, 0.1) is 59.4 Å². The van der Waals surface area contributed by atoms with Crippen LogP contribution in [0.1, 0.15) is 55.4 Å². The van der Waals surface area contributed by atoms with Gasteiger partial charge in [0, 0.05) is 11.6 Å². The van der Waals surface area contributed by atoms with Crippen LogP contribution in [0.4, 0.5) is 0 Å². The molecule has 1 aliphatic heterocycles. The number of benzene rings is 2. The lowest BCUT2D eigenvalue weighted by molar-refractivity contribution is -0.139. The van der Waals surface area contributed by atoms with Gasteiger partial charge < -0.3 is 23.4 Å². The van der Waals surface area contributed by atoms with E-state index in [0.717, 1.165) is 0 Å². The molecule has 3 heterocycles. The Labute approximate surface area is 267 Å². The second-order valence-electron chi connectivity index (χ2n) is 10.3. The lowest BCUT2D eigenvalue weighted by Crippen LogP contribution is -2.40. The number of rotatable bonds is 9. The predicted molar refractivity (Wildman–Crippen MR) is 170 cm³/mol. The van der Waals surface area contributed by atoms with Crippen LogP contribution in [-0.2, 0) is 14.3 Å². The molecule has 1 atom stereocenters. The van der Waals surface area contributed by atoms with Crippen molar-refractivity contribution in [2.75, 3.05) is 20.8 Å². The number of aromatic nitrogens is 1. The van der Waals surface area contributed by atoms with Gasteiger partial charge in [-0.05, 0) is 75.7 Å². The predicted octanol–water partition coefficient (Wildman–Crippen LogP) is 5.29. The molecule has 2 aromatic heterocycles. The largest absolute Gasteiger partial charge is 0.493 e. The van der Waals surface area contributed by atoms with Crippen molar-refractivity contribution in [2.24, 2.45) is 4.99 Å². The van der Waals surface area contributed by atoms with Crippen LogP contribution in [0.5, 0.6) is 11.5 Å². The van der Waals surface area contributed by atoms with Gasteiger partial charge in [0.25, 0.3) is 5.56 Å². The summed E-state index contributed by atoms with van der Waals surface area (Å²) in [5.74, 6) is 0.729. The number of allylic oxidation sites excluding steroid dienone is 1. The first-order valence-electron chi connectivity index (χ1n) is 14.1. The number of hydrogen-bond donors (Lipinski definition) is 0. The maximum absolute atomic E-state index is 14.0. The molecule has 0 N–H and O–H groups in total. The van der Waals surface area contributed by atoms with E-state index in [2.05, 4.69) is 4.99 Å². The number of furan rings is 1. The Balaban J connectivity index is 1.62. The topological polar surface area (TPSA) is 119 Å². The zero-order chi connectivity index (χ0) is 32.4. The molecule has 45 heavy (non-hydrogen) atoms. The van der Waals surface area contributed by atoms with E-state index in [-0.39, 0.29) is 34.4 Å². The smallest absolute Gasteiger partial charge is 0.339 e. The highest BCUT2D eigenvalue weighted by Crippen LogP contribution is 2.36. The SMILES string of the molecule is CCOC(=O)C1=C(C)N=c2s/c(=C/c3ccc(-c4ccc(Cl)c(C(=O)OC)c4)o3)c(=O)n2[C@@H]1c1ccc(OC(C)C)c(OC)c1. The van der Waals surface area contributed by atoms with Gasteiger partial charge in [-0.15, -0.1) is 0 Å². The molecule has 0 unspecified atom stereocenters. The molecule has 0 spiro atoms. The number of hydrogen-bond acceptors (Lipinski definition) is 10. The average molecular weight is 651 g/mol. The number of thiazole rings is 1. The molecule has 12 heteroatoms. The first-order chi connectivity index (χ1) is 21.6. The van der Waals surface area contributed by atoms with E-state index in [1.807, 2.05) is 13.8 Å².